The van der Waals surface area contributed by atoms with E-state index in [0.717, 1.165) is 16.9 Å². The van der Waals surface area contributed by atoms with E-state index in [9.17, 15) is 18.8 Å². The number of fused-ring (bicyclic) bond motifs is 2. The molecule has 1 atom stereocenters. The van der Waals surface area contributed by atoms with Crippen molar-refractivity contribution in [2.75, 3.05) is 12.0 Å². The molecule has 166 valence electrons. The molecule has 1 aliphatic heterocycles. The number of thiazole rings is 1. The van der Waals surface area contributed by atoms with Gasteiger partial charge in [-0.15, -0.1) is 0 Å². The smallest absolute Gasteiger partial charge is 0.350 e. The van der Waals surface area contributed by atoms with E-state index >= 15 is 0 Å². The van der Waals surface area contributed by atoms with Crippen molar-refractivity contribution in [3.8, 4) is 0 Å². The Labute approximate surface area is 191 Å². The summed E-state index contributed by atoms with van der Waals surface area (Å²) in [5.41, 5.74) is 1.87. The minimum Gasteiger partial charge on any atom is -0.465 e. The van der Waals surface area contributed by atoms with E-state index in [2.05, 4.69) is 4.98 Å². The second-order valence-electron chi connectivity index (χ2n) is 7.71. The summed E-state index contributed by atoms with van der Waals surface area (Å²) in [7, 11) is 1.26. The highest BCUT2D eigenvalue weighted by atomic mass is 32.1. The number of anilines is 1. The second kappa shape index (κ2) is 7.63. The van der Waals surface area contributed by atoms with Gasteiger partial charge < -0.3 is 9.15 Å². The molecule has 2 aromatic heterocycles. The van der Waals surface area contributed by atoms with Gasteiger partial charge in [-0.1, -0.05) is 35.1 Å². The van der Waals surface area contributed by atoms with Crippen LogP contribution in [0.25, 0.3) is 11.0 Å². The van der Waals surface area contributed by atoms with Gasteiger partial charge >= 0.3 is 5.97 Å². The molecular formula is C24H17FN2O5S. The standard InChI is InChI=1S/C24H17FN2O5S/c1-11-4-9-16-15(10-11)19(28)17-18(13-5-7-14(25)8-6-13)27(22(29)20(17)32-16)24-26-12(2)21(33-24)23(30)31-3/h4-10,18H,1-3H3/t18-/m0/s1. The lowest BCUT2D eigenvalue weighted by atomic mass is 9.98. The molecule has 5 rings (SSSR count). The molecule has 0 bridgehead atoms. The number of aryl methyl sites for hydroxylation is 2. The van der Waals surface area contributed by atoms with Gasteiger partial charge in [0.05, 0.1) is 29.8 Å². The largest absolute Gasteiger partial charge is 0.465 e. The Kier molecular flexibility index (Phi) is 4.86. The van der Waals surface area contributed by atoms with Crippen LogP contribution >= 0.6 is 11.3 Å². The van der Waals surface area contributed by atoms with Crippen molar-refractivity contribution in [2.45, 2.75) is 19.9 Å². The number of amides is 1. The Morgan fingerprint density at radius 3 is 2.58 bits per heavy atom. The molecule has 0 unspecified atom stereocenters. The van der Waals surface area contributed by atoms with E-state index in [-0.39, 0.29) is 26.8 Å². The fourth-order valence-corrected chi connectivity index (χ4v) is 5.02. The fourth-order valence-electron chi connectivity index (χ4n) is 4.01. The zero-order chi connectivity index (χ0) is 23.4. The molecule has 33 heavy (non-hydrogen) atoms. The predicted molar refractivity (Wildman–Crippen MR) is 120 cm³/mol. The highest BCUT2D eigenvalue weighted by Gasteiger charge is 2.45. The van der Waals surface area contributed by atoms with E-state index in [1.54, 1.807) is 25.1 Å². The number of esters is 1. The van der Waals surface area contributed by atoms with Gasteiger partial charge in [-0.2, -0.15) is 0 Å². The number of carbonyl (C=O) groups excluding carboxylic acids is 2. The van der Waals surface area contributed by atoms with E-state index in [0.29, 0.717) is 22.2 Å². The monoisotopic (exact) mass is 464 g/mol. The summed E-state index contributed by atoms with van der Waals surface area (Å²) in [6.07, 6.45) is 0. The van der Waals surface area contributed by atoms with E-state index in [1.807, 2.05) is 6.92 Å². The third-order valence-electron chi connectivity index (χ3n) is 5.57. The first kappa shape index (κ1) is 21.0. The molecule has 9 heteroatoms. The van der Waals surface area contributed by atoms with Crippen LogP contribution in [0.5, 0.6) is 0 Å². The summed E-state index contributed by atoms with van der Waals surface area (Å²) in [5, 5.41) is 0.555. The molecule has 7 nitrogen and oxygen atoms in total. The van der Waals surface area contributed by atoms with Gasteiger partial charge in [0.15, 0.2) is 10.6 Å². The molecule has 0 spiro atoms. The lowest BCUT2D eigenvalue weighted by Crippen LogP contribution is -2.29. The quantitative estimate of drug-likeness (QED) is 0.414. The summed E-state index contributed by atoms with van der Waals surface area (Å²) >= 11 is 0.980. The van der Waals surface area contributed by atoms with E-state index in [4.69, 9.17) is 9.15 Å². The van der Waals surface area contributed by atoms with Crippen LogP contribution in [0.4, 0.5) is 9.52 Å². The van der Waals surface area contributed by atoms with E-state index < -0.39 is 23.7 Å². The third kappa shape index (κ3) is 3.23. The van der Waals surface area contributed by atoms with Gasteiger partial charge in [-0.3, -0.25) is 14.5 Å². The first-order chi connectivity index (χ1) is 15.8. The maximum Gasteiger partial charge on any atom is 0.350 e. The fraction of sp³-hybridized carbons (Fsp3) is 0.167. The molecule has 0 fully saturated rings. The van der Waals surface area contributed by atoms with E-state index in [1.165, 1.54) is 36.3 Å². The third-order valence-corrected chi connectivity index (χ3v) is 6.71. The van der Waals surface area contributed by atoms with Crippen molar-refractivity contribution >= 4 is 39.3 Å². The average Bonchev–Trinajstić information content (AvgIpc) is 3.32. The topological polar surface area (TPSA) is 89.7 Å². The summed E-state index contributed by atoms with van der Waals surface area (Å²) < 4.78 is 24.4. The van der Waals surface area contributed by atoms with Gasteiger partial charge in [0.1, 0.15) is 16.3 Å². The van der Waals surface area contributed by atoms with Crippen molar-refractivity contribution in [1.82, 2.24) is 4.98 Å². The molecule has 0 N–H and O–H groups in total. The Balaban J connectivity index is 1.78. The summed E-state index contributed by atoms with van der Waals surface area (Å²) in [5.74, 6) is -1.69. The molecule has 3 heterocycles. The van der Waals surface area contributed by atoms with Crippen molar-refractivity contribution in [2.24, 2.45) is 0 Å². The molecule has 1 amide bonds. The number of methoxy groups -OCH3 is 1. The molecule has 4 aromatic rings. The van der Waals surface area contributed by atoms with Gasteiger partial charge in [0.25, 0.3) is 5.91 Å². The van der Waals surface area contributed by atoms with Gasteiger partial charge in [0.2, 0.25) is 5.76 Å². The number of ether oxygens (including phenoxy) is 1. The minimum absolute atomic E-state index is 0.0989. The first-order valence-electron chi connectivity index (χ1n) is 10.0. The number of benzene rings is 2. The number of hydrogen-bond donors (Lipinski definition) is 0. The van der Waals surface area contributed by atoms with Crippen molar-refractivity contribution < 1.29 is 23.1 Å². The molecule has 0 radical (unpaired) electrons. The van der Waals surface area contributed by atoms with Crippen LogP contribution < -0.4 is 10.3 Å². The number of carbonyl (C=O) groups is 2. The van der Waals surface area contributed by atoms with Crippen LogP contribution in [0.15, 0.2) is 51.7 Å². The van der Waals surface area contributed by atoms with Crippen LogP contribution in [0, 0.1) is 19.7 Å². The normalized spacial score (nSPS) is 15.2. The van der Waals surface area contributed by atoms with Gasteiger partial charge in [0, 0.05) is 0 Å². The van der Waals surface area contributed by atoms with Gasteiger partial charge in [-0.25, -0.2) is 14.2 Å². The highest BCUT2D eigenvalue weighted by Crippen LogP contribution is 2.43. The first-order valence-corrected chi connectivity index (χ1v) is 10.8. The zero-order valence-electron chi connectivity index (χ0n) is 17.8. The minimum atomic E-state index is -0.898. The maximum atomic E-state index is 13.7. The van der Waals surface area contributed by atoms with Crippen molar-refractivity contribution in [3.05, 3.63) is 91.5 Å². The van der Waals surface area contributed by atoms with Crippen LogP contribution in [0.1, 0.15) is 48.7 Å². The summed E-state index contributed by atoms with van der Waals surface area (Å²) in [4.78, 5) is 45.2. The Bertz CT molecular complexity index is 1510. The average molecular weight is 464 g/mol. The number of halogens is 1. The number of aromatic nitrogens is 1. The zero-order valence-corrected chi connectivity index (χ0v) is 18.7. The molecular weight excluding hydrogens is 447 g/mol. The van der Waals surface area contributed by atoms with Crippen molar-refractivity contribution in [1.29, 1.82) is 0 Å². The Hall–Kier alpha value is -3.85. The molecule has 0 saturated carbocycles. The molecule has 2 aromatic carbocycles. The molecule has 0 aliphatic carbocycles. The molecule has 0 saturated heterocycles. The second-order valence-corrected chi connectivity index (χ2v) is 8.68. The van der Waals surface area contributed by atoms with Crippen LogP contribution in [-0.4, -0.2) is 24.0 Å². The van der Waals surface area contributed by atoms with Crippen LogP contribution in [0.3, 0.4) is 0 Å². The van der Waals surface area contributed by atoms with Gasteiger partial charge in [-0.05, 0) is 43.7 Å². The Morgan fingerprint density at radius 1 is 1.15 bits per heavy atom. The maximum absolute atomic E-state index is 13.7. The SMILES string of the molecule is COC(=O)c1sc(N2C(=O)c3oc4ccc(C)cc4c(=O)c3[C@@H]2c2ccc(F)cc2)nc1C. The lowest BCUT2D eigenvalue weighted by Gasteiger charge is -2.22. The van der Waals surface area contributed by atoms with Crippen LogP contribution in [0.2, 0.25) is 0 Å². The summed E-state index contributed by atoms with van der Waals surface area (Å²) in [6.45, 7) is 3.49. The summed E-state index contributed by atoms with van der Waals surface area (Å²) in [6, 6.07) is 9.79. The van der Waals surface area contributed by atoms with Crippen molar-refractivity contribution in [3.63, 3.8) is 0 Å². The highest BCUT2D eigenvalue weighted by molar-refractivity contribution is 7.17. The predicted octanol–water partition coefficient (Wildman–Crippen LogP) is 4.54. The Morgan fingerprint density at radius 2 is 1.88 bits per heavy atom. The number of hydrogen-bond acceptors (Lipinski definition) is 7. The molecule has 1 aliphatic rings. The lowest BCUT2D eigenvalue weighted by molar-refractivity contribution is 0.0605. The number of rotatable bonds is 3. The number of nitrogens with zero attached hydrogens (tertiary/aromatic N) is 2. The van der Waals surface area contributed by atoms with Crippen LogP contribution in [-0.2, 0) is 4.74 Å².